The molecule has 0 fully saturated rings. The fraction of sp³-hybridized carbons (Fsp3) is 0.412. The predicted molar refractivity (Wildman–Crippen MR) is 84.4 cm³/mol. The third kappa shape index (κ3) is 3.95. The van der Waals surface area contributed by atoms with Gasteiger partial charge in [0.1, 0.15) is 0 Å². The summed E-state index contributed by atoms with van der Waals surface area (Å²) in [6, 6.07) is 7.09. The number of carbonyl (C=O) groups is 1. The average Bonchev–Trinajstić information content (AvgIpc) is 3.08. The number of oxazole rings is 1. The summed E-state index contributed by atoms with van der Waals surface area (Å²) in [6.07, 6.45) is 4.29. The van der Waals surface area contributed by atoms with Gasteiger partial charge in [0.25, 0.3) is 5.91 Å². The van der Waals surface area contributed by atoms with Crippen LogP contribution >= 0.6 is 0 Å². The Morgan fingerprint density at radius 1 is 1.27 bits per heavy atom. The van der Waals surface area contributed by atoms with Gasteiger partial charge in [0, 0.05) is 17.7 Å². The Morgan fingerprint density at radius 2 is 1.95 bits per heavy atom. The van der Waals surface area contributed by atoms with Gasteiger partial charge < -0.3 is 14.8 Å². The minimum absolute atomic E-state index is 0.186. The number of nitrogens with zero attached hydrogens (tertiary/aromatic N) is 1. The lowest BCUT2D eigenvalue weighted by Crippen LogP contribution is -2.36. The molecule has 0 aliphatic heterocycles. The van der Waals surface area contributed by atoms with Crippen LogP contribution in [0.5, 0.6) is 0 Å². The molecule has 2 N–H and O–H groups in total. The molecule has 5 nitrogen and oxygen atoms in total. The van der Waals surface area contributed by atoms with E-state index in [1.165, 1.54) is 6.39 Å². The van der Waals surface area contributed by atoms with Gasteiger partial charge in [0.05, 0.1) is 12.3 Å². The van der Waals surface area contributed by atoms with Gasteiger partial charge >= 0.3 is 0 Å². The van der Waals surface area contributed by atoms with Crippen LogP contribution in [0.25, 0.3) is 11.3 Å². The number of aromatic nitrogens is 1. The second-order valence-corrected chi connectivity index (χ2v) is 5.30. The maximum Gasteiger partial charge on any atom is 0.251 e. The molecular formula is C17H22N2O3. The number of carbonyl (C=O) groups excluding carboxylic acids is 1. The van der Waals surface area contributed by atoms with Crippen molar-refractivity contribution in [3.8, 4) is 11.3 Å². The lowest BCUT2D eigenvalue weighted by molar-refractivity contribution is 0.0816. The molecule has 0 aliphatic rings. The molecule has 0 radical (unpaired) electrons. The zero-order valence-corrected chi connectivity index (χ0v) is 13.0. The van der Waals surface area contributed by atoms with Gasteiger partial charge in [0.15, 0.2) is 12.2 Å². The van der Waals surface area contributed by atoms with E-state index in [2.05, 4.69) is 10.3 Å². The van der Waals surface area contributed by atoms with Crippen molar-refractivity contribution in [2.45, 2.75) is 32.8 Å². The molecule has 0 bridgehead atoms. The first kappa shape index (κ1) is 16.2. The van der Waals surface area contributed by atoms with Crippen molar-refractivity contribution in [2.24, 2.45) is 5.92 Å². The minimum Gasteiger partial charge on any atom is -0.444 e. The number of aliphatic hydroxyl groups excluding tert-OH is 1. The van der Waals surface area contributed by atoms with Crippen LogP contribution in [0.15, 0.2) is 41.3 Å². The van der Waals surface area contributed by atoms with E-state index in [-0.39, 0.29) is 18.4 Å². The summed E-state index contributed by atoms with van der Waals surface area (Å²) in [4.78, 5) is 16.0. The van der Waals surface area contributed by atoms with Gasteiger partial charge in [-0.3, -0.25) is 4.79 Å². The standard InChI is InChI=1S/C17H22N2O3/c1-3-12(4-2)15(20)9-19-17(21)14-7-5-13(6-8-14)16-10-18-11-22-16/h5-8,10-12,15,20H,3-4,9H2,1-2H3,(H,19,21). The number of hydrogen-bond acceptors (Lipinski definition) is 4. The van der Waals surface area contributed by atoms with Crippen molar-refractivity contribution in [2.75, 3.05) is 6.54 Å². The molecule has 1 atom stereocenters. The van der Waals surface area contributed by atoms with Crippen LogP contribution < -0.4 is 5.32 Å². The van der Waals surface area contributed by atoms with E-state index >= 15 is 0 Å². The molecule has 1 heterocycles. The first-order valence-electron chi connectivity index (χ1n) is 7.60. The number of aliphatic hydroxyl groups is 1. The fourth-order valence-corrected chi connectivity index (χ4v) is 2.44. The van der Waals surface area contributed by atoms with E-state index in [1.807, 2.05) is 26.0 Å². The third-order valence-electron chi connectivity index (χ3n) is 3.93. The summed E-state index contributed by atoms with van der Waals surface area (Å²) in [5, 5.41) is 12.8. The Labute approximate surface area is 130 Å². The molecule has 1 unspecified atom stereocenters. The van der Waals surface area contributed by atoms with Crippen molar-refractivity contribution in [1.29, 1.82) is 0 Å². The number of rotatable bonds is 7. The number of nitrogens with one attached hydrogen (secondary N) is 1. The maximum atomic E-state index is 12.1. The van der Waals surface area contributed by atoms with Gasteiger partial charge in [0.2, 0.25) is 0 Å². The topological polar surface area (TPSA) is 75.4 Å². The molecular weight excluding hydrogens is 280 g/mol. The van der Waals surface area contributed by atoms with Crippen molar-refractivity contribution in [3.63, 3.8) is 0 Å². The normalized spacial score (nSPS) is 12.4. The Hall–Kier alpha value is -2.14. The van der Waals surface area contributed by atoms with Crippen LogP contribution in [0.1, 0.15) is 37.0 Å². The van der Waals surface area contributed by atoms with Gasteiger partial charge in [-0.2, -0.15) is 0 Å². The highest BCUT2D eigenvalue weighted by atomic mass is 16.3. The van der Waals surface area contributed by atoms with E-state index < -0.39 is 6.10 Å². The Morgan fingerprint density at radius 3 is 2.50 bits per heavy atom. The van der Waals surface area contributed by atoms with Gasteiger partial charge in [-0.05, 0) is 18.1 Å². The summed E-state index contributed by atoms with van der Waals surface area (Å²) in [5.74, 6) is 0.694. The highest BCUT2D eigenvalue weighted by Crippen LogP contribution is 2.19. The molecule has 0 aliphatic carbocycles. The molecule has 5 heteroatoms. The predicted octanol–water partition coefficient (Wildman–Crippen LogP) is 2.87. The van der Waals surface area contributed by atoms with Gasteiger partial charge in [-0.1, -0.05) is 38.8 Å². The summed E-state index contributed by atoms with van der Waals surface area (Å²) in [6.45, 7) is 4.36. The van der Waals surface area contributed by atoms with Gasteiger partial charge in [-0.15, -0.1) is 0 Å². The molecule has 1 aromatic heterocycles. The maximum absolute atomic E-state index is 12.1. The Kier molecular flexibility index (Phi) is 5.72. The summed E-state index contributed by atoms with van der Waals surface area (Å²) < 4.78 is 5.21. The van der Waals surface area contributed by atoms with Crippen molar-refractivity contribution < 1.29 is 14.3 Å². The molecule has 2 aromatic rings. The highest BCUT2D eigenvalue weighted by Gasteiger charge is 2.16. The molecule has 1 aromatic carbocycles. The van der Waals surface area contributed by atoms with Crippen molar-refractivity contribution in [3.05, 3.63) is 42.4 Å². The molecule has 0 saturated heterocycles. The van der Waals surface area contributed by atoms with Crippen LogP contribution in [0.2, 0.25) is 0 Å². The van der Waals surface area contributed by atoms with Crippen molar-refractivity contribution >= 4 is 5.91 Å². The number of benzene rings is 1. The lowest BCUT2D eigenvalue weighted by Gasteiger charge is -2.20. The molecule has 118 valence electrons. The zero-order chi connectivity index (χ0) is 15.9. The minimum atomic E-state index is -0.507. The summed E-state index contributed by atoms with van der Waals surface area (Å²) in [5.41, 5.74) is 1.42. The van der Waals surface area contributed by atoms with E-state index in [4.69, 9.17) is 4.42 Å². The van der Waals surface area contributed by atoms with E-state index in [9.17, 15) is 9.90 Å². The van der Waals surface area contributed by atoms with E-state index in [1.54, 1.807) is 18.3 Å². The molecule has 0 saturated carbocycles. The first-order chi connectivity index (χ1) is 10.7. The van der Waals surface area contributed by atoms with Crippen LogP contribution in [0, 0.1) is 5.92 Å². The number of hydrogen-bond donors (Lipinski definition) is 2. The smallest absolute Gasteiger partial charge is 0.251 e. The number of amides is 1. The Bertz CT molecular complexity index is 574. The van der Waals surface area contributed by atoms with Crippen LogP contribution in [0.4, 0.5) is 0 Å². The zero-order valence-electron chi connectivity index (χ0n) is 13.0. The monoisotopic (exact) mass is 302 g/mol. The average molecular weight is 302 g/mol. The first-order valence-corrected chi connectivity index (χ1v) is 7.60. The lowest BCUT2D eigenvalue weighted by atomic mass is 9.96. The fourth-order valence-electron chi connectivity index (χ4n) is 2.44. The van der Waals surface area contributed by atoms with Crippen LogP contribution in [-0.4, -0.2) is 28.6 Å². The van der Waals surface area contributed by atoms with Crippen LogP contribution in [-0.2, 0) is 0 Å². The summed E-state index contributed by atoms with van der Waals surface area (Å²) in [7, 11) is 0. The van der Waals surface area contributed by atoms with E-state index in [0.717, 1.165) is 18.4 Å². The van der Waals surface area contributed by atoms with Crippen molar-refractivity contribution in [1.82, 2.24) is 10.3 Å². The SMILES string of the molecule is CCC(CC)C(O)CNC(=O)c1ccc(-c2cnco2)cc1. The molecule has 2 rings (SSSR count). The second-order valence-electron chi connectivity index (χ2n) is 5.30. The van der Waals surface area contributed by atoms with Gasteiger partial charge in [-0.25, -0.2) is 4.98 Å². The third-order valence-corrected chi connectivity index (χ3v) is 3.93. The molecule has 1 amide bonds. The second kappa shape index (κ2) is 7.75. The Balaban J connectivity index is 1.93. The largest absolute Gasteiger partial charge is 0.444 e. The van der Waals surface area contributed by atoms with Crippen LogP contribution in [0.3, 0.4) is 0 Å². The highest BCUT2D eigenvalue weighted by molar-refractivity contribution is 5.94. The summed E-state index contributed by atoms with van der Waals surface area (Å²) >= 11 is 0. The van der Waals surface area contributed by atoms with E-state index in [0.29, 0.717) is 11.3 Å². The molecule has 0 spiro atoms. The molecule has 22 heavy (non-hydrogen) atoms. The quantitative estimate of drug-likeness (QED) is 0.824.